The number of nitrogens with one attached hydrogen (secondary N) is 3. The van der Waals surface area contributed by atoms with E-state index in [1.165, 1.54) is 11.3 Å². The van der Waals surface area contributed by atoms with Crippen molar-refractivity contribution in [3.05, 3.63) is 41.6 Å². The van der Waals surface area contributed by atoms with E-state index >= 15 is 0 Å². The molecule has 0 saturated carbocycles. The van der Waals surface area contributed by atoms with E-state index in [0.717, 1.165) is 62.8 Å². The molecule has 6 heteroatoms. The first kappa shape index (κ1) is 15.7. The monoisotopic (exact) mass is 312 g/mol. The molecule has 0 atom stereocenters. The van der Waals surface area contributed by atoms with Crippen molar-refractivity contribution in [2.24, 2.45) is 0 Å². The second kappa shape index (κ2) is 7.87. The molecule has 3 N–H and O–H groups in total. The molecule has 2 aromatic rings. The van der Waals surface area contributed by atoms with Crippen LogP contribution in [0.5, 0.6) is 0 Å². The minimum Gasteiger partial charge on any atom is -0.382 e. The van der Waals surface area contributed by atoms with E-state index in [2.05, 4.69) is 27.9 Å². The third kappa shape index (κ3) is 4.16. The Morgan fingerprint density at radius 2 is 2.00 bits per heavy atom. The molecule has 0 amide bonds. The van der Waals surface area contributed by atoms with Gasteiger partial charge in [0.15, 0.2) is 0 Å². The van der Waals surface area contributed by atoms with E-state index in [-0.39, 0.29) is 0 Å². The highest BCUT2D eigenvalue weighted by Gasteiger charge is 2.15. The van der Waals surface area contributed by atoms with Crippen LogP contribution in [0.4, 0.5) is 11.5 Å². The molecule has 23 heavy (non-hydrogen) atoms. The molecule has 0 radical (unpaired) electrons. The molecule has 0 bridgehead atoms. The molecule has 3 heterocycles. The van der Waals surface area contributed by atoms with Crippen LogP contribution < -0.4 is 16.0 Å². The molecule has 0 spiro atoms. The van der Waals surface area contributed by atoms with Crippen molar-refractivity contribution in [2.45, 2.75) is 26.2 Å². The van der Waals surface area contributed by atoms with Gasteiger partial charge in [-0.05, 0) is 25.1 Å². The number of pyridine rings is 1. The topological polar surface area (TPSA) is 74.8 Å². The third-order valence-corrected chi connectivity index (χ3v) is 3.95. The lowest BCUT2D eigenvalue weighted by Crippen LogP contribution is -2.18. The van der Waals surface area contributed by atoms with E-state index in [1.807, 2.05) is 18.3 Å². The zero-order valence-electron chi connectivity index (χ0n) is 13.6. The van der Waals surface area contributed by atoms with Gasteiger partial charge in [-0.3, -0.25) is 4.98 Å². The largest absolute Gasteiger partial charge is 0.382 e. The Bertz CT molecular complexity index is 628. The van der Waals surface area contributed by atoms with Gasteiger partial charge in [-0.25, -0.2) is 9.97 Å². The van der Waals surface area contributed by atoms with Crippen LogP contribution in [-0.2, 0) is 19.3 Å². The first-order valence-corrected chi connectivity index (χ1v) is 8.34. The first-order chi connectivity index (χ1) is 11.4. The summed E-state index contributed by atoms with van der Waals surface area (Å²) in [4.78, 5) is 13.5. The van der Waals surface area contributed by atoms with Crippen LogP contribution in [-0.4, -0.2) is 41.1 Å². The van der Waals surface area contributed by atoms with Gasteiger partial charge in [-0.15, -0.1) is 0 Å². The number of hydrogen-bond acceptors (Lipinski definition) is 6. The highest BCUT2D eigenvalue weighted by Crippen LogP contribution is 2.19. The Morgan fingerprint density at radius 3 is 2.83 bits per heavy atom. The van der Waals surface area contributed by atoms with Gasteiger partial charge in [0.2, 0.25) is 0 Å². The number of fused-ring (bicyclic) bond motifs is 1. The smallest absolute Gasteiger partial charge is 0.133 e. The maximum atomic E-state index is 4.71. The Kier molecular flexibility index (Phi) is 5.37. The highest BCUT2D eigenvalue weighted by molar-refractivity contribution is 5.48. The van der Waals surface area contributed by atoms with Crippen molar-refractivity contribution in [3.8, 4) is 0 Å². The van der Waals surface area contributed by atoms with Gasteiger partial charge in [0, 0.05) is 50.4 Å². The molecule has 1 aliphatic rings. The standard InChI is InChI=1S/C17H24N6/c1-2-16-22-15-6-9-18-8-5-14(15)17(23-16)21-11-10-20-13-4-3-7-19-12-13/h3-4,7,12,18,20H,2,5-6,8-11H2,1H3,(H,21,22,23). The molecule has 0 unspecified atom stereocenters. The van der Waals surface area contributed by atoms with Crippen molar-refractivity contribution in [2.75, 3.05) is 36.8 Å². The van der Waals surface area contributed by atoms with E-state index in [0.29, 0.717) is 0 Å². The summed E-state index contributed by atoms with van der Waals surface area (Å²) in [5.41, 5.74) is 3.51. The second-order valence-corrected chi connectivity index (χ2v) is 5.61. The van der Waals surface area contributed by atoms with Crippen molar-refractivity contribution in [1.29, 1.82) is 0 Å². The van der Waals surface area contributed by atoms with Gasteiger partial charge in [0.1, 0.15) is 11.6 Å². The molecule has 0 fully saturated rings. The summed E-state index contributed by atoms with van der Waals surface area (Å²) >= 11 is 0. The molecular weight excluding hydrogens is 288 g/mol. The van der Waals surface area contributed by atoms with Crippen molar-refractivity contribution in [1.82, 2.24) is 20.3 Å². The molecule has 0 saturated heterocycles. The van der Waals surface area contributed by atoms with Crippen molar-refractivity contribution >= 4 is 11.5 Å². The summed E-state index contributed by atoms with van der Waals surface area (Å²) in [6, 6.07) is 3.95. The van der Waals surface area contributed by atoms with Crippen LogP contribution >= 0.6 is 0 Å². The fourth-order valence-electron chi connectivity index (χ4n) is 2.76. The van der Waals surface area contributed by atoms with Gasteiger partial charge in [0.05, 0.1) is 11.4 Å². The second-order valence-electron chi connectivity index (χ2n) is 5.61. The summed E-state index contributed by atoms with van der Waals surface area (Å²) in [5.74, 6) is 1.93. The van der Waals surface area contributed by atoms with Crippen LogP contribution in [0.1, 0.15) is 24.0 Å². The van der Waals surface area contributed by atoms with E-state index in [4.69, 9.17) is 9.97 Å². The van der Waals surface area contributed by atoms with Crippen molar-refractivity contribution in [3.63, 3.8) is 0 Å². The summed E-state index contributed by atoms with van der Waals surface area (Å²) in [7, 11) is 0. The highest BCUT2D eigenvalue weighted by atomic mass is 15.1. The van der Waals surface area contributed by atoms with Crippen molar-refractivity contribution < 1.29 is 0 Å². The number of anilines is 2. The van der Waals surface area contributed by atoms with Crippen LogP contribution in [0.25, 0.3) is 0 Å². The van der Waals surface area contributed by atoms with Gasteiger partial charge >= 0.3 is 0 Å². The minimum atomic E-state index is 0.814. The van der Waals surface area contributed by atoms with Crippen LogP contribution in [0.2, 0.25) is 0 Å². The number of aromatic nitrogens is 3. The predicted molar refractivity (Wildman–Crippen MR) is 92.9 cm³/mol. The zero-order valence-corrected chi connectivity index (χ0v) is 13.6. The van der Waals surface area contributed by atoms with Gasteiger partial charge in [0.25, 0.3) is 0 Å². The Balaban J connectivity index is 1.64. The quantitative estimate of drug-likeness (QED) is 0.704. The Hall–Kier alpha value is -2.21. The van der Waals surface area contributed by atoms with Gasteiger partial charge in [-0.1, -0.05) is 6.92 Å². The normalized spacial score (nSPS) is 14.0. The summed E-state index contributed by atoms with van der Waals surface area (Å²) in [5, 5.41) is 10.3. The van der Waals surface area contributed by atoms with Crippen LogP contribution in [0, 0.1) is 0 Å². The lowest BCUT2D eigenvalue weighted by atomic mass is 10.1. The van der Waals surface area contributed by atoms with Crippen LogP contribution in [0.15, 0.2) is 24.5 Å². The molecule has 1 aliphatic heterocycles. The number of aryl methyl sites for hydroxylation is 1. The third-order valence-electron chi connectivity index (χ3n) is 3.95. The summed E-state index contributed by atoms with van der Waals surface area (Å²) in [6.07, 6.45) is 6.44. The number of nitrogens with zero attached hydrogens (tertiary/aromatic N) is 3. The molecule has 2 aromatic heterocycles. The van der Waals surface area contributed by atoms with Gasteiger partial charge in [-0.2, -0.15) is 0 Å². The van der Waals surface area contributed by atoms with Crippen LogP contribution in [0.3, 0.4) is 0 Å². The summed E-state index contributed by atoms with van der Waals surface area (Å²) < 4.78 is 0. The maximum absolute atomic E-state index is 4.71. The first-order valence-electron chi connectivity index (χ1n) is 8.34. The zero-order chi connectivity index (χ0) is 15.9. The predicted octanol–water partition coefficient (Wildman–Crippen LogP) is 1.65. The SMILES string of the molecule is CCc1nc2c(c(NCCNc3cccnc3)n1)CCNCC2. The Morgan fingerprint density at radius 1 is 1.13 bits per heavy atom. The number of rotatable bonds is 6. The molecule has 3 rings (SSSR count). The molecule has 0 aliphatic carbocycles. The average Bonchev–Trinajstić information content (AvgIpc) is 2.84. The van der Waals surface area contributed by atoms with E-state index in [1.54, 1.807) is 6.20 Å². The Labute approximate surface area is 137 Å². The summed E-state index contributed by atoms with van der Waals surface area (Å²) in [6.45, 7) is 5.73. The molecule has 6 nitrogen and oxygen atoms in total. The van der Waals surface area contributed by atoms with E-state index < -0.39 is 0 Å². The fourth-order valence-corrected chi connectivity index (χ4v) is 2.76. The minimum absolute atomic E-state index is 0.814. The maximum Gasteiger partial charge on any atom is 0.133 e. The van der Waals surface area contributed by atoms with Gasteiger partial charge < -0.3 is 16.0 Å². The lowest BCUT2D eigenvalue weighted by molar-refractivity contribution is 0.708. The fraction of sp³-hybridized carbons (Fsp3) is 0.471. The number of hydrogen-bond donors (Lipinski definition) is 3. The lowest BCUT2D eigenvalue weighted by Gasteiger charge is -2.15. The molecule has 0 aromatic carbocycles. The average molecular weight is 312 g/mol. The molecular formula is C17H24N6. The molecule has 122 valence electrons. The van der Waals surface area contributed by atoms with E-state index in [9.17, 15) is 0 Å².